The Morgan fingerprint density at radius 2 is 1.89 bits per heavy atom. The Kier molecular flexibility index (Phi) is 4.75. The van der Waals surface area contributed by atoms with Crippen molar-refractivity contribution in [3.8, 4) is 22.6 Å². The van der Waals surface area contributed by atoms with E-state index in [1.165, 1.54) is 16.7 Å². The number of fused-ring (bicyclic) bond motifs is 1. The molecule has 3 aromatic rings. The molecule has 1 aliphatic rings. The summed E-state index contributed by atoms with van der Waals surface area (Å²) in [6.07, 6.45) is 2.68. The summed E-state index contributed by atoms with van der Waals surface area (Å²) in [6, 6.07) is 22.5. The molecule has 0 saturated carbocycles. The van der Waals surface area contributed by atoms with Crippen LogP contribution < -0.4 is 9.47 Å². The molecule has 0 N–H and O–H groups in total. The topological polar surface area (TPSA) is 35.5 Å². The average molecular weight is 356 g/mol. The molecule has 3 nitrogen and oxygen atoms in total. The summed E-state index contributed by atoms with van der Waals surface area (Å²) in [5.74, 6) is 1.49. The molecule has 3 aromatic carbocycles. The summed E-state index contributed by atoms with van der Waals surface area (Å²) in [4.78, 5) is 10.9. The summed E-state index contributed by atoms with van der Waals surface area (Å²) in [5.41, 5.74) is 6.32. The zero-order valence-corrected chi connectivity index (χ0v) is 15.1. The van der Waals surface area contributed by atoms with E-state index in [-0.39, 0.29) is 0 Å². The molecule has 0 fully saturated rings. The molecule has 0 aromatic heterocycles. The van der Waals surface area contributed by atoms with Crippen LogP contribution >= 0.6 is 0 Å². The third-order valence-corrected chi connectivity index (χ3v) is 4.66. The number of hydrogen-bond donors (Lipinski definition) is 0. The molecule has 0 unspecified atom stereocenters. The summed E-state index contributed by atoms with van der Waals surface area (Å²) in [5, 5.41) is 0. The van der Waals surface area contributed by atoms with Crippen molar-refractivity contribution in [1.29, 1.82) is 0 Å². The minimum atomic E-state index is 0.304. The van der Waals surface area contributed by atoms with Crippen LogP contribution in [0.1, 0.15) is 16.7 Å². The van der Waals surface area contributed by atoms with Crippen molar-refractivity contribution in [2.75, 3.05) is 6.61 Å². The van der Waals surface area contributed by atoms with Gasteiger partial charge in [-0.05, 0) is 53.5 Å². The summed E-state index contributed by atoms with van der Waals surface area (Å²) in [6.45, 7) is 2.90. The molecule has 0 bridgehead atoms. The van der Waals surface area contributed by atoms with E-state index in [0.29, 0.717) is 18.8 Å². The molecule has 1 heterocycles. The van der Waals surface area contributed by atoms with Gasteiger partial charge in [0.25, 0.3) is 0 Å². The van der Waals surface area contributed by atoms with Crippen molar-refractivity contribution in [2.24, 2.45) is 0 Å². The van der Waals surface area contributed by atoms with Gasteiger partial charge in [0.05, 0.1) is 0 Å². The monoisotopic (exact) mass is 356 g/mol. The van der Waals surface area contributed by atoms with Crippen LogP contribution in [0.15, 0.2) is 72.3 Å². The van der Waals surface area contributed by atoms with Crippen LogP contribution in [0.2, 0.25) is 0 Å². The number of hydrogen-bond acceptors (Lipinski definition) is 3. The second-order valence-electron chi connectivity index (χ2n) is 6.63. The van der Waals surface area contributed by atoms with Crippen molar-refractivity contribution in [2.45, 2.75) is 13.5 Å². The summed E-state index contributed by atoms with van der Waals surface area (Å²) < 4.78 is 11.6. The first kappa shape index (κ1) is 17.1. The average Bonchev–Trinajstić information content (AvgIpc) is 2.73. The van der Waals surface area contributed by atoms with Gasteiger partial charge in [-0.2, -0.15) is 0 Å². The molecule has 0 aliphatic carbocycles. The van der Waals surface area contributed by atoms with Gasteiger partial charge in [0, 0.05) is 17.2 Å². The molecule has 0 spiro atoms. The van der Waals surface area contributed by atoms with Crippen LogP contribution in [0.4, 0.5) is 0 Å². The third-order valence-electron chi connectivity index (χ3n) is 4.66. The number of carbonyl (C=O) groups is 1. The molecule has 0 atom stereocenters. The van der Waals surface area contributed by atoms with Crippen molar-refractivity contribution in [3.05, 3.63) is 89.0 Å². The van der Waals surface area contributed by atoms with Gasteiger partial charge in [0.2, 0.25) is 0 Å². The molecule has 1 aliphatic heterocycles. The minimum Gasteiger partial charge on any atom is -0.489 e. The lowest BCUT2D eigenvalue weighted by Crippen LogP contribution is -2.08. The van der Waals surface area contributed by atoms with Gasteiger partial charge < -0.3 is 9.47 Å². The molecule has 27 heavy (non-hydrogen) atoms. The lowest BCUT2D eigenvalue weighted by atomic mass is 9.98. The first-order valence-corrected chi connectivity index (χ1v) is 8.93. The zero-order valence-electron chi connectivity index (χ0n) is 15.1. The SMILES string of the molecule is Cc1ccc(COc2ccc3c(c2)OCC(C=O)=C3)cc1-c1ccccc1. The standard InChI is InChI=1S/C24H20O3/c1-17-7-8-18(12-23(17)20-5-3-2-4-6-20)15-26-22-10-9-21-11-19(14-25)16-27-24(21)13-22/h2-14H,15-16H2,1H3. The Morgan fingerprint density at radius 3 is 2.70 bits per heavy atom. The molecular weight excluding hydrogens is 336 g/mol. The Balaban J connectivity index is 1.51. The predicted molar refractivity (Wildman–Crippen MR) is 107 cm³/mol. The van der Waals surface area contributed by atoms with Gasteiger partial charge in [0.1, 0.15) is 31.0 Å². The number of benzene rings is 3. The van der Waals surface area contributed by atoms with Gasteiger partial charge in [-0.15, -0.1) is 0 Å². The fourth-order valence-corrected chi connectivity index (χ4v) is 3.17. The van der Waals surface area contributed by atoms with Crippen molar-refractivity contribution in [3.63, 3.8) is 0 Å². The smallest absolute Gasteiger partial charge is 0.149 e. The third kappa shape index (κ3) is 3.77. The largest absolute Gasteiger partial charge is 0.489 e. The molecule has 0 radical (unpaired) electrons. The van der Waals surface area contributed by atoms with Crippen LogP contribution in [0.25, 0.3) is 17.2 Å². The highest BCUT2D eigenvalue weighted by atomic mass is 16.5. The van der Waals surface area contributed by atoms with Crippen molar-refractivity contribution < 1.29 is 14.3 Å². The number of ether oxygens (including phenoxy) is 2. The Labute approximate surface area is 158 Å². The van der Waals surface area contributed by atoms with Crippen LogP contribution in [0.3, 0.4) is 0 Å². The first-order chi connectivity index (χ1) is 13.2. The second kappa shape index (κ2) is 7.50. The number of aldehydes is 1. The van der Waals surface area contributed by atoms with Crippen LogP contribution in [-0.4, -0.2) is 12.9 Å². The Bertz CT molecular complexity index is 1000. The fraction of sp³-hybridized carbons (Fsp3) is 0.125. The van der Waals surface area contributed by atoms with Crippen LogP contribution in [-0.2, 0) is 11.4 Å². The van der Waals surface area contributed by atoms with E-state index in [0.717, 1.165) is 28.9 Å². The molecule has 3 heteroatoms. The van der Waals surface area contributed by atoms with Gasteiger partial charge in [-0.3, -0.25) is 4.79 Å². The number of aryl methyl sites for hydroxylation is 1. The predicted octanol–water partition coefficient (Wildman–Crippen LogP) is 5.22. The zero-order chi connectivity index (χ0) is 18.6. The molecule has 0 saturated heterocycles. The number of rotatable bonds is 5. The van der Waals surface area contributed by atoms with E-state index < -0.39 is 0 Å². The normalized spacial score (nSPS) is 12.6. The lowest BCUT2D eigenvalue weighted by Gasteiger charge is -2.16. The lowest BCUT2D eigenvalue weighted by molar-refractivity contribution is -0.105. The van der Waals surface area contributed by atoms with Crippen LogP contribution in [0, 0.1) is 6.92 Å². The first-order valence-electron chi connectivity index (χ1n) is 8.93. The maximum Gasteiger partial charge on any atom is 0.149 e. The summed E-state index contributed by atoms with van der Waals surface area (Å²) in [7, 11) is 0. The number of carbonyl (C=O) groups excluding carboxylic acids is 1. The Morgan fingerprint density at radius 1 is 1.04 bits per heavy atom. The van der Waals surface area contributed by atoms with Gasteiger partial charge in [-0.25, -0.2) is 0 Å². The molecular formula is C24H20O3. The highest BCUT2D eigenvalue weighted by Gasteiger charge is 2.12. The van der Waals surface area contributed by atoms with E-state index in [2.05, 4.69) is 49.4 Å². The summed E-state index contributed by atoms with van der Waals surface area (Å²) >= 11 is 0. The van der Waals surface area contributed by atoms with Crippen LogP contribution in [0.5, 0.6) is 11.5 Å². The fourth-order valence-electron chi connectivity index (χ4n) is 3.17. The molecule has 4 rings (SSSR count). The van der Waals surface area contributed by atoms with E-state index in [9.17, 15) is 4.79 Å². The van der Waals surface area contributed by atoms with E-state index in [1.54, 1.807) is 0 Å². The minimum absolute atomic E-state index is 0.304. The van der Waals surface area contributed by atoms with Gasteiger partial charge >= 0.3 is 0 Å². The van der Waals surface area contributed by atoms with Gasteiger partial charge in [-0.1, -0.05) is 42.5 Å². The van der Waals surface area contributed by atoms with E-state index >= 15 is 0 Å². The quantitative estimate of drug-likeness (QED) is 0.588. The second-order valence-corrected chi connectivity index (χ2v) is 6.63. The van der Waals surface area contributed by atoms with E-state index in [1.807, 2.05) is 30.3 Å². The highest BCUT2D eigenvalue weighted by molar-refractivity contribution is 5.84. The van der Waals surface area contributed by atoms with Crippen molar-refractivity contribution in [1.82, 2.24) is 0 Å². The Hall–Kier alpha value is -3.33. The van der Waals surface area contributed by atoms with Crippen molar-refractivity contribution >= 4 is 12.4 Å². The van der Waals surface area contributed by atoms with Gasteiger partial charge in [0.15, 0.2) is 0 Å². The van der Waals surface area contributed by atoms with E-state index in [4.69, 9.17) is 9.47 Å². The maximum atomic E-state index is 10.9. The molecule has 0 amide bonds. The maximum absolute atomic E-state index is 10.9. The molecule has 134 valence electrons. The highest BCUT2D eigenvalue weighted by Crippen LogP contribution is 2.31.